The molecule has 0 aliphatic carbocycles. The number of hydrogen-bond donors (Lipinski definition) is 1. The summed E-state index contributed by atoms with van der Waals surface area (Å²) in [5.74, 6) is 0.825. The Morgan fingerprint density at radius 3 is 2.55 bits per heavy atom. The van der Waals surface area contributed by atoms with E-state index in [-0.39, 0.29) is 18.5 Å². The Bertz CT molecular complexity index is 831. The lowest BCUT2D eigenvalue weighted by Crippen LogP contribution is -2.56. The smallest absolute Gasteiger partial charge is 0.328 e. The van der Waals surface area contributed by atoms with Crippen LogP contribution in [0, 0.1) is 0 Å². The number of nitrogens with zero attached hydrogens (tertiary/aromatic N) is 4. The normalized spacial score (nSPS) is 19.5. The fourth-order valence-corrected chi connectivity index (χ4v) is 4.31. The fraction of sp³-hybridized carbons (Fsp3) is 0.476. The number of nitrogens with one attached hydrogen (secondary N) is 1. The number of urea groups is 1. The second-order valence-corrected chi connectivity index (χ2v) is 7.65. The van der Waals surface area contributed by atoms with Crippen LogP contribution in [0.25, 0.3) is 0 Å². The summed E-state index contributed by atoms with van der Waals surface area (Å²) < 4.78 is 5.12. The van der Waals surface area contributed by atoms with Crippen LogP contribution < -0.4 is 0 Å². The topological polar surface area (TPSA) is 81.8 Å². The predicted octanol–water partition coefficient (Wildman–Crippen LogP) is 1.86. The maximum atomic E-state index is 13.4. The van der Waals surface area contributed by atoms with Gasteiger partial charge in [-0.25, -0.2) is 9.78 Å². The second kappa shape index (κ2) is 8.34. The molecule has 2 fully saturated rings. The van der Waals surface area contributed by atoms with Crippen molar-refractivity contribution in [3.05, 3.63) is 54.1 Å². The average molecular weight is 397 g/mol. The lowest BCUT2D eigenvalue weighted by atomic mass is 9.85. The molecule has 1 aromatic carbocycles. The highest BCUT2D eigenvalue weighted by molar-refractivity contribution is 6.07. The summed E-state index contributed by atoms with van der Waals surface area (Å²) in [5, 5.41) is 0. The van der Waals surface area contributed by atoms with Gasteiger partial charge in [0.15, 0.2) is 0 Å². The van der Waals surface area contributed by atoms with Crippen LogP contribution in [-0.4, -0.2) is 75.5 Å². The van der Waals surface area contributed by atoms with Crippen molar-refractivity contribution in [1.82, 2.24) is 24.7 Å². The van der Waals surface area contributed by atoms with Crippen molar-refractivity contribution in [2.24, 2.45) is 0 Å². The number of hydrogen-bond acceptors (Lipinski definition) is 5. The van der Waals surface area contributed by atoms with Gasteiger partial charge in [0.25, 0.3) is 5.91 Å². The molecule has 3 amide bonds. The van der Waals surface area contributed by atoms with Gasteiger partial charge in [0.2, 0.25) is 0 Å². The molecule has 29 heavy (non-hydrogen) atoms. The van der Waals surface area contributed by atoms with Crippen LogP contribution in [-0.2, 0) is 22.6 Å². The molecule has 4 rings (SSSR count). The van der Waals surface area contributed by atoms with Crippen LogP contribution in [0.5, 0.6) is 0 Å². The van der Waals surface area contributed by atoms with Gasteiger partial charge in [-0.05, 0) is 18.4 Å². The van der Waals surface area contributed by atoms with Crippen molar-refractivity contribution >= 4 is 11.9 Å². The molecular formula is C21H27N5O3. The molecule has 2 aliphatic heterocycles. The van der Waals surface area contributed by atoms with Crippen molar-refractivity contribution in [2.45, 2.75) is 31.5 Å². The van der Waals surface area contributed by atoms with Gasteiger partial charge >= 0.3 is 6.03 Å². The minimum atomic E-state index is -0.777. The summed E-state index contributed by atoms with van der Waals surface area (Å²) in [6.07, 6.45) is 4.80. The minimum absolute atomic E-state index is 0.0897. The zero-order valence-corrected chi connectivity index (χ0v) is 16.7. The van der Waals surface area contributed by atoms with E-state index in [0.717, 1.165) is 31.0 Å². The third-order valence-corrected chi connectivity index (χ3v) is 5.94. The number of piperidine rings is 1. The van der Waals surface area contributed by atoms with E-state index < -0.39 is 5.54 Å². The summed E-state index contributed by atoms with van der Waals surface area (Å²) in [7, 11) is 1.58. The van der Waals surface area contributed by atoms with E-state index in [9.17, 15) is 9.59 Å². The Hall–Kier alpha value is -2.71. The van der Waals surface area contributed by atoms with Crippen molar-refractivity contribution in [1.29, 1.82) is 0 Å². The van der Waals surface area contributed by atoms with Crippen LogP contribution >= 0.6 is 0 Å². The summed E-state index contributed by atoms with van der Waals surface area (Å²) in [4.78, 5) is 39.4. The third kappa shape index (κ3) is 3.77. The van der Waals surface area contributed by atoms with Gasteiger partial charge in [-0.3, -0.25) is 14.6 Å². The van der Waals surface area contributed by atoms with Crippen LogP contribution in [0.2, 0.25) is 0 Å². The average Bonchev–Trinajstić information content (AvgIpc) is 3.32. The van der Waals surface area contributed by atoms with Crippen molar-refractivity contribution in [3.63, 3.8) is 0 Å². The summed E-state index contributed by atoms with van der Waals surface area (Å²) >= 11 is 0. The van der Waals surface area contributed by atoms with Crippen LogP contribution in [0.3, 0.4) is 0 Å². The molecule has 0 radical (unpaired) electrons. The number of carbonyl (C=O) groups excluding carboxylic acids is 2. The lowest BCUT2D eigenvalue weighted by molar-refractivity contribution is -0.136. The Morgan fingerprint density at radius 1 is 1.14 bits per heavy atom. The number of H-pyrrole nitrogens is 1. The molecule has 0 saturated carbocycles. The molecule has 3 heterocycles. The molecule has 2 saturated heterocycles. The van der Waals surface area contributed by atoms with E-state index in [1.54, 1.807) is 18.2 Å². The van der Waals surface area contributed by atoms with Crippen molar-refractivity contribution in [2.75, 3.05) is 33.4 Å². The first-order valence-electron chi connectivity index (χ1n) is 10.0. The van der Waals surface area contributed by atoms with E-state index in [2.05, 4.69) is 14.9 Å². The molecule has 0 atom stereocenters. The quantitative estimate of drug-likeness (QED) is 0.721. The highest BCUT2D eigenvalue weighted by atomic mass is 16.5. The number of amides is 3. The third-order valence-electron chi connectivity index (χ3n) is 5.94. The van der Waals surface area contributed by atoms with E-state index in [1.165, 1.54) is 4.90 Å². The summed E-state index contributed by atoms with van der Waals surface area (Å²) in [6.45, 7) is 3.27. The molecule has 154 valence electrons. The maximum Gasteiger partial charge on any atom is 0.328 e. The Kier molecular flexibility index (Phi) is 5.64. The lowest BCUT2D eigenvalue weighted by Gasteiger charge is -2.42. The van der Waals surface area contributed by atoms with Crippen molar-refractivity contribution < 1.29 is 14.3 Å². The first-order chi connectivity index (χ1) is 14.1. The van der Waals surface area contributed by atoms with Crippen molar-refractivity contribution in [3.8, 4) is 0 Å². The minimum Gasteiger partial charge on any atom is -0.383 e. The number of rotatable bonds is 7. The Morgan fingerprint density at radius 2 is 1.90 bits per heavy atom. The van der Waals surface area contributed by atoms with E-state index in [1.807, 2.05) is 36.5 Å². The molecule has 0 bridgehead atoms. The number of imide groups is 1. The van der Waals surface area contributed by atoms with Crippen LogP contribution in [0.15, 0.2) is 42.7 Å². The number of aromatic nitrogens is 2. The molecule has 2 aromatic rings. The molecule has 8 nitrogen and oxygen atoms in total. The number of benzene rings is 1. The number of aromatic amines is 1. The molecule has 1 spiro atoms. The SMILES string of the molecule is COCCN1C(=O)N(Cc2ccccc2)C2(CCN(Cc3ncc[nH]3)CC2)C1=O. The zero-order valence-electron chi connectivity index (χ0n) is 16.7. The van der Waals surface area contributed by atoms with Gasteiger partial charge in [0.1, 0.15) is 11.4 Å². The number of methoxy groups -OCH3 is 1. The monoisotopic (exact) mass is 397 g/mol. The van der Waals surface area contributed by atoms with E-state index in [4.69, 9.17) is 4.74 Å². The van der Waals surface area contributed by atoms with Gasteiger partial charge in [-0.1, -0.05) is 30.3 Å². The van der Waals surface area contributed by atoms with Gasteiger partial charge in [0, 0.05) is 39.1 Å². The van der Waals surface area contributed by atoms with E-state index >= 15 is 0 Å². The molecule has 1 N–H and O–H groups in total. The molecule has 0 unspecified atom stereocenters. The molecule has 8 heteroatoms. The molecule has 2 aliphatic rings. The van der Waals surface area contributed by atoms with Gasteiger partial charge in [0.05, 0.1) is 19.7 Å². The van der Waals surface area contributed by atoms with Gasteiger partial charge < -0.3 is 14.6 Å². The summed E-state index contributed by atoms with van der Waals surface area (Å²) in [6, 6.07) is 9.65. The van der Waals surface area contributed by atoms with Crippen LogP contribution in [0.4, 0.5) is 4.79 Å². The first-order valence-corrected chi connectivity index (χ1v) is 10.0. The largest absolute Gasteiger partial charge is 0.383 e. The predicted molar refractivity (Wildman–Crippen MR) is 107 cm³/mol. The Balaban J connectivity index is 1.54. The number of ether oxygens (including phenoxy) is 1. The fourth-order valence-electron chi connectivity index (χ4n) is 4.31. The van der Waals surface area contributed by atoms with E-state index in [0.29, 0.717) is 26.0 Å². The standard InChI is InChI=1S/C21H27N5O3/c1-29-14-13-25-19(27)21(26(20(25)28)15-17-5-3-2-4-6-17)7-11-24(12-8-21)16-18-22-9-10-23-18/h2-6,9-10H,7-8,11-16H2,1H3,(H,22,23). The van der Waals surface area contributed by atoms with Crippen LogP contribution in [0.1, 0.15) is 24.2 Å². The number of carbonyl (C=O) groups is 2. The number of imidazole rings is 1. The highest BCUT2D eigenvalue weighted by Gasteiger charge is 2.57. The number of likely N-dealkylation sites (tertiary alicyclic amines) is 1. The zero-order chi connectivity index (χ0) is 20.3. The molecular weight excluding hydrogens is 370 g/mol. The van der Waals surface area contributed by atoms with Gasteiger partial charge in [-0.2, -0.15) is 0 Å². The molecule has 1 aromatic heterocycles. The highest BCUT2D eigenvalue weighted by Crippen LogP contribution is 2.38. The first kappa shape index (κ1) is 19.6. The Labute approximate surface area is 170 Å². The van der Waals surface area contributed by atoms with Gasteiger partial charge in [-0.15, -0.1) is 0 Å². The summed E-state index contributed by atoms with van der Waals surface area (Å²) in [5.41, 5.74) is 0.250. The maximum absolute atomic E-state index is 13.4. The second-order valence-electron chi connectivity index (χ2n) is 7.65.